The van der Waals surface area contributed by atoms with Crippen molar-refractivity contribution < 1.29 is 27.6 Å². The van der Waals surface area contributed by atoms with E-state index in [9.17, 15) is 23.4 Å². The van der Waals surface area contributed by atoms with Gasteiger partial charge in [-0.3, -0.25) is 8.98 Å². The molecule has 1 aliphatic carbocycles. The molecule has 2 aromatic heterocycles. The summed E-state index contributed by atoms with van der Waals surface area (Å²) in [5.41, 5.74) is 1.27. The van der Waals surface area contributed by atoms with Crippen molar-refractivity contribution in [2.45, 2.75) is 31.1 Å². The van der Waals surface area contributed by atoms with Crippen LogP contribution >= 0.6 is 22.9 Å². The van der Waals surface area contributed by atoms with Gasteiger partial charge in [-0.15, -0.1) is 11.3 Å². The number of anilines is 1. The van der Waals surface area contributed by atoms with E-state index in [4.69, 9.17) is 16.7 Å². The minimum absolute atomic E-state index is 0.199. The van der Waals surface area contributed by atoms with Gasteiger partial charge in [0.05, 0.1) is 27.5 Å². The van der Waals surface area contributed by atoms with Crippen LogP contribution in [0.1, 0.15) is 45.3 Å². The highest BCUT2D eigenvalue weighted by Gasteiger charge is 2.35. The second-order valence-electron chi connectivity index (χ2n) is 8.18. The molecule has 0 unspecified atom stereocenters. The Bertz CT molecular complexity index is 1300. The Morgan fingerprint density at radius 3 is 2.77 bits per heavy atom. The number of hydrogen-bond acceptors (Lipinski definition) is 10. The number of aliphatic hydroxyl groups is 2. The number of benzene rings is 1. The lowest BCUT2D eigenvalue weighted by Gasteiger charge is -2.15. The highest BCUT2D eigenvalue weighted by atomic mass is 35.5. The summed E-state index contributed by atoms with van der Waals surface area (Å²) in [4.78, 5) is 21.8. The molecule has 0 aliphatic heterocycles. The molecule has 2 heterocycles. The normalized spacial score (nSPS) is 21.1. The monoisotopic (exact) mass is 538 g/mol. The number of nitrogens with two attached hydrogens (primary N) is 1. The average molecular weight is 539 g/mol. The first-order chi connectivity index (χ1) is 16.6. The molecule has 0 radical (unpaired) electrons. The van der Waals surface area contributed by atoms with Gasteiger partial charge in [0.2, 0.25) is 5.78 Å². The van der Waals surface area contributed by atoms with Gasteiger partial charge >= 0.3 is 10.3 Å². The Morgan fingerprint density at radius 1 is 1.31 bits per heavy atom. The number of nitrogens with zero attached hydrogens (tertiary/aromatic N) is 2. The van der Waals surface area contributed by atoms with E-state index in [1.165, 1.54) is 12.5 Å². The SMILES string of the molecule is NS(=O)(=O)OC[C@H]1C[C@@H](Nc2ncncc2C(=O)c2cc([C@H](O)c3ccccc3)c(Cl)s2)C[C@@H]1O. The van der Waals surface area contributed by atoms with E-state index < -0.39 is 28.4 Å². The van der Waals surface area contributed by atoms with Gasteiger partial charge < -0.3 is 15.5 Å². The Kier molecular flexibility index (Phi) is 7.81. The lowest BCUT2D eigenvalue weighted by Crippen LogP contribution is -2.24. The van der Waals surface area contributed by atoms with Crippen LogP contribution < -0.4 is 10.5 Å². The lowest BCUT2D eigenvalue weighted by molar-refractivity contribution is 0.101. The first kappa shape index (κ1) is 25.6. The van der Waals surface area contributed by atoms with Gasteiger partial charge in [0.15, 0.2) is 0 Å². The molecule has 1 fully saturated rings. The van der Waals surface area contributed by atoms with E-state index >= 15 is 0 Å². The molecule has 5 N–H and O–H groups in total. The maximum atomic E-state index is 13.3. The third-order valence-electron chi connectivity index (χ3n) is 5.75. The van der Waals surface area contributed by atoms with E-state index in [1.807, 2.05) is 6.07 Å². The molecular weight excluding hydrogens is 516 g/mol. The lowest BCUT2D eigenvalue weighted by atomic mass is 10.0. The molecule has 10 nitrogen and oxygen atoms in total. The third kappa shape index (κ3) is 6.22. The number of carbonyl (C=O) groups excluding carboxylic acids is 1. The molecule has 1 aliphatic rings. The number of halogens is 1. The van der Waals surface area contributed by atoms with Crippen molar-refractivity contribution >= 4 is 44.8 Å². The van der Waals surface area contributed by atoms with Crippen LogP contribution in [0.25, 0.3) is 0 Å². The number of carbonyl (C=O) groups is 1. The van der Waals surface area contributed by atoms with Crippen LogP contribution in [0.4, 0.5) is 5.82 Å². The fourth-order valence-electron chi connectivity index (χ4n) is 4.01. The van der Waals surface area contributed by atoms with Crippen molar-refractivity contribution in [3.05, 3.63) is 74.8 Å². The summed E-state index contributed by atoms with van der Waals surface area (Å²) >= 11 is 7.41. The summed E-state index contributed by atoms with van der Waals surface area (Å²) in [6.07, 6.45) is 1.56. The van der Waals surface area contributed by atoms with Crippen LogP contribution in [0.15, 0.2) is 48.9 Å². The molecule has 1 aromatic carbocycles. The molecular formula is C22H23ClN4O6S2. The van der Waals surface area contributed by atoms with Crippen LogP contribution in [0.2, 0.25) is 4.34 Å². The zero-order valence-corrected chi connectivity index (χ0v) is 20.6. The first-order valence-corrected chi connectivity index (χ1v) is 13.3. The van der Waals surface area contributed by atoms with Crippen molar-refractivity contribution in [1.82, 2.24) is 9.97 Å². The Balaban J connectivity index is 1.50. The van der Waals surface area contributed by atoms with Gasteiger partial charge in [0, 0.05) is 23.7 Å². The second kappa shape index (κ2) is 10.7. The van der Waals surface area contributed by atoms with Crippen LogP contribution in [-0.2, 0) is 14.5 Å². The van der Waals surface area contributed by atoms with Crippen molar-refractivity contribution in [3.8, 4) is 0 Å². The summed E-state index contributed by atoms with van der Waals surface area (Å²) in [6, 6.07) is 10.2. The first-order valence-electron chi connectivity index (χ1n) is 10.6. The maximum Gasteiger partial charge on any atom is 0.333 e. The summed E-state index contributed by atoms with van der Waals surface area (Å²) in [6.45, 7) is -0.242. The minimum Gasteiger partial charge on any atom is -0.393 e. The summed E-state index contributed by atoms with van der Waals surface area (Å²) in [5.74, 6) is -0.561. The molecule has 0 spiro atoms. The Morgan fingerprint density at radius 2 is 2.06 bits per heavy atom. The number of ketones is 1. The zero-order chi connectivity index (χ0) is 25.2. The number of aromatic nitrogens is 2. The molecule has 4 rings (SSSR count). The van der Waals surface area contributed by atoms with Gasteiger partial charge in [-0.05, 0) is 24.5 Å². The van der Waals surface area contributed by atoms with Crippen LogP contribution in [0, 0.1) is 5.92 Å². The molecule has 1 saturated carbocycles. The largest absolute Gasteiger partial charge is 0.393 e. The fraction of sp³-hybridized carbons (Fsp3) is 0.318. The van der Waals surface area contributed by atoms with Crippen LogP contribution in [-0.4, -0.2) is 53.1 Å². The van der Waals surface area contributed by atoms with Gasteiger partial charge in [0.1, 0.15) is 18.2 Å². The molecule has 0 amide bonds. The zero-order valence-electron chi connectivity index (χ0n) is 18.2. The second-order valence-corrected chi connectivity index (χ2v) is 11.1. The number of nitrogens with one attached hydrogen (secondary N) is 1. The Labute approximate surface area is 211 Å². The predicted molar refractivity (Wildman–Crippen MR) is 130 cm³/mol. The van der Waals surface area contributed by atoms with Gasteiger partial charge in [0.25, 0.3) is 0 Å². The summed E-state index contributed by atoms with van der Waals surface area (Å²) in [7, 11) is -4.11. The van der Waals surface area contributed by atoms with E-state index in [1.54, 1.807) is 30.3 Å². The number of hydrogen-bond donors (Lipinski definition) is 4. The summed E-state index contributed by atoms with van der Waals surface area (Å²) < 4.78 is 27.0. The molecule has 13 heteroatoms. The average Bonchev–Trinajstić information content (AvgIpc) is 3.39. The molecule has 186 valence electrons. The van der Waals surface area contributed by atoms with E-state index in [2.05, 4.69) is 19.5 Å². The van der Waals surface area contributed by atoms with Crippen LogP contribution in [0.3, 0.4) is 0 Å². The Hall–Kier alpha value is -2.45. The van der Waals surface area contributed by atoms with Crippen molar-refractivity contribution in [2.75, 3.05) is 11.9 Å². The summed E-state index contributed by atoms with van der Waals surface area (Å²) in [5, 5.41) is 29.0. The number of thiophene rings is 1. The van der Waals surface area contributed by atoms with Crippen LogP contribution in [0.5, 0.6) is 0 Å². The van der Waals surface area contributed by atoms with Gasteiger partial charge in [-0.1, -0.05) is 41.9 Å². The quantitative estimate of drug-likeness (QED) is 0.299. The number of rotatable bonds is 9. The standard InChI is InChI=1S/C22H23ClN4O6S2/c23-21-15(19(29)12-4-2-1-3-5-12)8-18(34-21)20(30)16-9-25-11-26-22(16)27-14-6-13(17(28)7-14)10-33-35(24,31)32/h1-5,8-9,11,13-14,17,19,28-29H,6-7,10H2,(H2,24,31,32)(H,25,26,27)/t13-,14-,17+,19-/m1/s1. The molecule has 0 saturated heterocycles. The van der Waals surface area contributed by atoms with Gasteiger partial charge in [-0.2, -0.15) is 8.42 Å². The van der Waals surface area contributed by atoms with E-state index in [-0.39, 0.29) is 29.8 Å². The predicted octanol–water partition coefficient (Wildman–Crippen LogP) is 2.28. The van der Waals surface area contributed by atoms with Crippen molar-refractivity contribution in [2.24, 2.45) is 11.1 Å². The van der Waals surface area contributed by atoms with Crippen molar-refractivity contribution in [1.29, 1.82) is 0 Å². The third-order valence-corrected chi connectivity index (χ3v) is 7.60. The maximum absolute atomic E-state index is 13.3. The topological polar surface area (TPSA) is 165 Å². The molecule has 3 aromatic rings. The smallest absolute Gasteiger partial charge is 0.333 e. The fourth-order valence-corrected chi connectivity index (χ4v) is 5.66. The number of aliphatic hydroxyl groups excluding tert-OH is 2. The van der Waals surface area contributed by atoms with E-state index in [0.717, 1.165) is 11.3 Å². The van der Waals surface area contributed by atoms with Gasteiger partial charge in [-0.25, -0.2) is 15.1 Å². The molecule has 35 heavy (non-hydrogen) atoms. The molecule has 4 atom stereocenters. The highest BCUT2D eigenvalue weighted by Crippen LogP contribution is 2.37. The highest BCUT2D eigenvalue weighted by molar-refractivity contribution is 7.84. The van der Waals surface area contributed by atoms with E-state index in [0.29, 0.717) is 33.2 Å². The van der Waals surface area contributed by atoms with Crippen molar-refractivity contribution in [3.63, 3.8) is 0 Å². The molecule has 0 bridgehead atoms. The minimum atomic E-state index is -4.11.